The molecule has 0 spiro atoms. The highest BCUT2D eigenvalue weighted by Gasteiger charge is 2.41. The molecule has 2 aromatic rings. The van der Waals surface area contributed by atoms with E-state index >= 15 is 0 Å². The van der Waals surface area contributed by atoms with Crippen LogP contribution in [0.5, 0.6) is 11.5 Å². The second kappa shape index (κ2) is 10.8. The van der Waals surface area contributed by atoms with Crippen molar-refractivity contribution >= 4 is 21.8 Å². The highest BCUT2D eigenvalue weighted by atomic mass is 32.2. The number of hydrogen-bond donors (Lipinski definition) is 0. The first-order valence-corrected chi connectivity index (χ1v) is 12.7. The van der Waals surface area contributed by atoms with Crippen LogP contribution in [-0.2, 0) is 30.8 Å². The molecule has 0 aromatic heterocycles. The van der Waals surface area contributed by atoms with Gasteiger partial charge in [0.25, 0.3) is 0 Å². The lowest BCUT2D eigenvalue weighted by Gasteiger charge is -2.29. The number of nitrogens with zero attached hydrogens (tertiary/aromatic N) is 1. The molecule has 4 rings (SSSR count). The molecule has 0 aliphatic carbocycles. The summed E-state index contributed by atoms with van der Waals surface area (Å²) in [4.78, 5) is 24.2. The molecule has 0 radical (unpaired) electrons. The molecule has 2 aliphatic rings. The fourth-order valence-electron chi connectivity index (χ4n) is 4.22. The van der Waals surface area contributed by atoms with Gasteiger partial charge in [-0.3, -0.25) is 10.1 Å². The largest absolute Gasteiger partial charge is 0.492 e. The van der Waals surface area contributed by atoms with E-state index in [1.165, 1.54) is 13.2 Å². The van der Waals surface area contributed by atoms with Gasteiger partial charge in [-0.1, -0.05) is 6.07 Å². The number of esters is 1. The summed E-state index contributed by atoms with van der Waals surface area (Å²) < 4.78 is 77.4. The summed E-state index contributed by atoms with van der Waals surface area (Å²) in [5, 5.41) is 10.9. The Kier molecular flexibility index (Phi) is 8.27. The molecule has 38 heavy (non-hydrogen) atoms. The fourth-order valence-corrected chi connectivity index (χ4v) is 5.37. The van der Waals surface area contributed by atoms with E-state index in [2.05, 4.69) is 0 Å². The number of alkyl halides is 3. The van der Waals surface area contributed by atoms with Gasteiger partial charge in [0.15, 0.2) is 6.10 Å². The van der Waals surface area contributed by atoms with Crippen molar-refractivity contribution < 1.29 is 49.7 Å². The van der Waals surface area contributed by atoms with Crippen molar-refractivity contribution in [2.24, 2.45) is 0 Å². The number of nitro benzene ring substituents is 1. The molecule has 0 amide bonds. The van der Waals surface area contributed by atoms with Crippen molar-refractivity contribution in [1.29, 1.82) is 0 Å². The van der Waals surface area contributed by atoms with E-state index in [-0.39, 0.29) is 24.2 Å². The van der Waals surface area contributed by atoms with Crippen LogP contribution in [-0.4, -0.2) is 50.6 Å². The standard InChI is InChI=1S/C23H25NO9S.CHF3/c1-12-8-16(24(26)27)20-19(18(12)21(22(25)30-5)32-23(2,3)4)13-6-7-17-14(9-13)10-15(11-31-17)34(28,29)33-20;2-1(3)4/h6-9,15,21H,10-11H2,1-5H3;1H. The number of rotatable bonds is 4. The summed E-state index contributed by atoms with van der Waals surface area (Å²) in [5.74, 6) is -0.679. The monoisotopic (exact) mass is 561 g/mol. The van der Waals surface area contributed by atoms with Crippen LogP contribution in [0.25, 0.3) is 11.1 Å². The number of carbonyl (C=O) groups excluding carboxylic acids is 1. The van der Waals surface area contributed by atoms with Crippen molar-refractivity contribution in [3.63, 3.8) is 0 Å². The molecule has 2 aliphatic heterocycles. The number of nitro groups is 1. The van der Waals surface area contributed by atoms with Crippen molar-refractivity contribution in [2.45, 2.75) is 57.7 Å². The molecule has 3 bridgehead atoms. The second-order valence-electron chi connectivity index (χ2n) is 9.50. The fraction of sp³-hybridized carbons (Fsp3) is 0.458. The van der Waals surface area contributed by atoms with E-state index < -0.39 is 56.1 Å². The molecule has 0 saturated carbocycles. The highest BCUT2D eigenvalue weighted by molar-refractivity contribution is 7.87. The average molecular weight is 562 g/mol. The van der Waals surface area contributed by atoms with Gasteiger partial charge in [-0.25, -0.2) is 4.79 Å². The Morgan fingerprint density at radius 1 is 1.21 bits per heavy atom. The zero-order chi connectivity index (χ0) is 28.6. The Hall–Kier alpha value is -3.39. The van der Waals surface area contributed by atoms with Gasteiger partial charge in [-0.05, 0) is 62.9 Å². The van der Waals surface area contributed by atoms with Crippen LogP contribution in [0, 0.1) is 17.0 Å². The van der Waals surface area contributed by atoms with E-state index in [1.54, 1.807) is 45.9 Å². The SMILES string of the molecule is COC(=O)C(OC(C)(C)C)c1c(C)cc([N+](=O)[O-])c2c1-c1ccc3c(c1)CC(CO3)S(=O)(=O)O2.FC(F)F. The number of ether oxygens (including phenoxy) is 3. The molecular weight excluding hydrogens is 535 g/mol. The second-order valence-corrected chi connectivity index (χ2v) is 11.3. The molecule has 0 saturated heterocycles. The van der Waals surface area contributed by atoms with Crippen LogP contribution >= 0.6 is 0 Å². The highest BCUT2D eigenvalue weighted by Crippen LogP contribution is 2.49. The van der Waals surface area contributed by atoms with Gasteiger partial charge >= 0.3 is 28.5 Å². The molecule has 2 atom stereocenters. The maximum atomic E-state index is 13.2. The van der Waals surface area contributed by atoms with Gasteiger partial charge in [0.1, 0.15) is 17.6 Å². The van der Waals surface area contributed by atoms with Crippen LogP contribution in [0.15, 0.2) is 24.3 Å². The van der Waals surface area contributed by atoms with Crippen LogP contribution in [0.4, 0.5) is 18.9 Å². The predicted octanol–water partition coefficient (Wildman–Crippen LogP) is 4.80. The Labute approximate surface area is 216 Å². The molecular formula is C24H26F3NO9S. The van der Waals surface area contributed by atoms with E-state index in [9.17, 15) is 36.5 Å². The van der Waals surface area contributed by atoms with E-state index in [0.717, 1.165) is 0 Å². The zero-order valence-corrected chi connectivity index (χ0v) is 21.9. The molecule has 0 fully saturated rings. The summed E-state index contributed by atoms with van der Waals surface area (Å²) in [6.45, 7) is 3.02. The first-order chi connectivity index (χ1) is 17.6. The maximum Gasteiger partial charge on any atom is 0.379 e. The van der Waals surface area contributed by atoms with Crippen LogP contribution in [0.2, 0.25) is 0 Å². The number of aryl methyl sites for hydroxylation is 1. The van der Waals surface area contributed by atoms with Crippen molar-refractivity contribution in [2.75, 3.05) is 13.7 Å². The topological polar surface area (TPSA) is 131 Å². The quantitative estimate of drug-likeness (QED) is 0.223. The summed E-state index contributed by atoms with van der Waals surface area (Å²) >= 11 is 0. The van der Waals surface area contributed by atoms with E-state index in [0.29, 0.717) is 22.4 Å². The zero-order valence-electron chi connectivity index (χ0n) is 21.1. The third-order valence-electron chi connectivity index (χ3n) is 5.68. The Bertz CT molecular complexity index is 1350. The first-order valence-electron chi connectivity index (χ1n) is 11.2. The van der Waals surface area contributed by atoms with Gasteiger partial charge in [0.2, 0.25) is 5.75 Å². The number of benzene rings is 2. The number of methoxy groups -OCH3 is 1. The van der Waals surface area contributed by atoms with Crippen molar-refractivity contribution in [1.82, 2.24) is 0 Å². The summed E-state index contributed by atoms with van der Waals surface area (Å²) in [7, 11) is -3.12. The molecule has 2 heterocycles. The Balaban J connectivity index is 0.000000934. The van der Waals surface area contributed by atoms with Gasteiger partial charge in [-0.2, -0.15) is 21.6 Å². The van der Waals surface area contributed by atoms with E-state index in [4.69, 9.17) is 18.4 Å². The molecule has 0 N–H and O–H groups in total. The Morgan fingerprint density at radius 2 is 1.84 bits per heavy atom. The molecule has 208 valence electrons. The predicted molar refractivity (Wildman–Crippen MR) is 129 cm³/mol. The minimum absolute atomic E-state index is 0.0882. The molecule has 14 heteroatoms. The first kappa shape index (κ1) is 29.2. The summed E-state index contributed by atoms with van der Waals surface area (Å²) in [6.07, 6.45) is -1.17. The lowest BCUT2D eigenvalue weighted by molar-refractivity contribution is -0.385. The van der Waals surface area contributed by atoms with Crippen LogP contribution in [0.1, 0.15) is 43.6 Å². The third-order valence-corrected chi connectivity index (χ3v) is 7.20. The minimum atomic E-state index is -4.32. The lowest BCUT2D eigenvalue weighted by Crippen LogP contribution is -2.36. The smallest absolute Gasteiger partial charge is 0.379 e. The molecule has 2 unspecified atom stereocenters. The number of fused-ring (bicyclic) bond motifs is 4. The van der Waals surface area contributed by atoms with Crippen LogP contribution in [0.3, 0.4) is 0 Å². The summed E-state index contributed by atoms with van der Waals surface area (Å²) in [6, 6.07) is 6.22. The van der Waals surface area contributed by atoms with Gasteiger partial charge in [0, 0.05) is 17.2 Å². The Morgan fingerprint density at radius 3 is 2.39 bits per heavy atom. The number of halogens is 3. The maximum absolute atomic E-state index is 13.2. The lowest BCUT2D eigenvalue weighted by atomic mass is 9.88. The average Bonchev–Trinajstić information content (AvgIpc) is 2.81. The molecule has 10 nitrogen and oxygen atoms in total. The third kappa shape index (κ3) is 6.18. The van der Waals surface area contributed by atoms with Gasteiger partial charge in [-0.15, -0.1) is 0 Å². The van der Waals surface area contributed by atoms with Crippen molar-refractivity contribution in [3.8, 4) is 22.6 Å². The van der Waals surface area contributed by atoms with E-state index in [1.807, 2.05) is 0 Å². The van der Waals surface area contributed by atoms with Crippen molar-refractivity contribution in [3.05, 3.63) is 51.1 Å². The minimum Gasteiger partial charge on any atom is -0.492 e. The van der Waals surface area contributed by atoms with Gasteiger partial charge in [0.05, 0.1) is 17.6 Å². The van der Waals surface area contributed by atoms with Crippen LogP contribution < -0.4 is 8.92 Å². The van der Waals surface area contributed by atoms with Gasteiger partial charge < -0.3 is 18.4 Å². The normalized spacial score (nSPS) is 17.9. The number of hydrogen-bond acceptors (Lipinski definition) is 9. The molecule has 2 aromatic carbocycles. The number of carbonyl (C=O) groups is 1. The summed E-state index contributed by atoms with van der Waals surface area (Å²) in [5.41, 5.74) is 0.380.